The maximum absolute atomic E-state index is 14.5. The molecule has 0 aliphatic carbocycles. The Morgan fingerprint density at radius 1 is 0.640 bits per heavy atom. The van der Waals surface area contributed by atoms with Gasteiger partial charge < -0.3 is 28.1 Å². The van der Waals surface area contributed by atoms with Crippen molar-refractivity contribution in [3.8, 4) is 34.3 Å². The SMILES string of the molecule is C[C@@H]1O[C@@H](Oc2c(-c3ccc(OCc4ccccc4)cc3)oc3cc(OCc4ccccc4)cc(OCc4ccccc4)c3c2=O)C=CC1=O. The van der Waals surface area contributed by atoms with Crippen molar-refractivity contribution >= 4 is 16.8 Å². The number of carbonyl (C=O) groups excluding carboxylic acids is 1. The van der Waals surface area contributed by atoms with Crippen LogP contribution in [0.4, 0.5) is 0 Å². The van der Waals surface area contributed by atoms with E-state index < -0.39 is 17.8 Å². The number of rotatable bonds is 12. The second kappa shape index (κ2) is 15.0. The van der Waals surface area contributed by atoms with Crippen molar-refractivity contribution in [2.45, 2.75) is 39.1 Å². The number of ether oxygens (including phenoxy) is 5. The second-order valence-corrected chi connectivity index (χ2v) is 11.8. The van der Waals surface area contributed by atoms with Gasteiger partial charge in [-0.15, -0.1) is 0 Å². The van der Waals surface area contributed by atoms with Crippen LogP contribution in [0.2, 0.25) is 0 Å². The molecule has 2 atom stereocenters. The van der Waals surface area contributed by atoms with Crippen LogP contribution in [0.15, 0.2) is 149 Å². The summed E-state index contributed by atoms with van der Waals surface area (Å²) in [6, 6.07) is 39.9. The molecule has 0 N–H and O–H groups in total. The molecule has 0 radical (unpaired) electrons. The van der Waals surface area contributed by atoms with Gasteiger partial charge in [-0.3, -0.25) is 9.59 Å². The molecular weight excluding hydrogens is 632 g/mol. The van der Waals surface area contributed by atoms with Crippen LogP contribution >= 0.6 is 0 Å². The Hall–Kier alpha value is -6.12. The first-order chi connectivity index (χ1) is 24.5. The van der Waals surface area contributed by atoms with Gasteiger partial charge in [0.1, 0.15) is 54.1 Å². The number of fused-ring (bicyclic) bond motifs is 1. The Labute approximate surface area is 289 Å². The monoisotopic (exact) mass is 666 g/mol. The van der Waals surface area contributed by atoms with Crippen LogP contribution in [0.3, 0.4) is 0 Å². The lowest BCUT2D eigenvalue weighted by atomic mass is 10.1. The maximum atomic E-state index is 14.5. The molecule has 8 heteroatoms. The molecule has 0 amide bonds. The van der Waals surface area contributed by atoms with Crippen LogP contribution < -0.4 is 24.4 Å². The summed E-state index contributed by atoms with van der Waals surface area (Å²) in [7, 11) is 0. The maximum Gasteiger partial charge on any atom is 0.239 e. The lowest BCUT2D eigenvalue weighted by molar-refractivity contribution is -0.140. The molecule has 6 aromatic rings. The minimum absolute atomic E-state index is 0.0887. The molecule has 0 unspecified atom stereocenters. The fourth-order valence-electron chi connectivity index (χ4n) is 5.46. The smallest absolute Gasteiger partial charge is 0.239 e. The van der Waals surface area contributed by atoms with Crippen LogP contribution in [0.25, 0.3) is 22.3 Å². The van der Waals surface area contributed by atoms with E-state index in [-0.39, 0.29) is 40.6 Å². The van der Waals surface area contributed by atoms with Crippen molar-refractivity contribution in [2.75, 3.05) is 0 Å². The molecule has 250 valence electrons. The summed E-state index contributed by atoms with van der Waals surface area (Å²) in [6.07, 6.45) is 1.13. The molecular formula is C42H34O8. The zero-order chi connectivity index (χ0) is 34.3. The van der Waals surface area contributed by atoms with Crippen LogP contribution in [0.1, 0.15) is 23.6 Å². The van der Waals surface area contributed by atoms with Crippen molar-refractivity contribution < 1.29 is 32.9 Å². The van der Waals surface area contributed by atoms with Gasteiger partial charge in [0.05, 0.1) is 0 Å². The van der Waals surface area contributed by atoms with E-state index in [0.29, 0.717) is 30.3 Å². The first kappa shape index (κ1) is 32.4. The molecule has 0 saturated heterocycles. The fraction of sp³-hybridized carbons (Fsp3) is 0.143. The van der Waals surface area contributed by atoms with Gasteiger partial charge in [-0.25, -0.2) is 0 Å². The lowest BCUT2D eigenvalue weighted by Gasteiger charge is -2.24. The van der Waals surface area contributed by atoms with Crippen LogP contribution in [-0.2, 0) is 29.4 Å². The molecule has 0 saturated carbocycles. The number of hydrogen-bond acceptors (Lipinski definition) is 8. The van der Waals surface area contributed by atoms with Gasteiger partial charge in [0.2, 0.25) is 17.5 Å². The molecule has 50 heavy (non-hydrogen) atoms. The molecule has 5 aromatic carbocycles. The zero-order valence-corrected chi connectivity index (χ0v) is 27.3. The van der Waals surface area contributed by atoms with E-state index in [2.05, 4.69) is 0 Å². The summed E-state index contributed by atoms with van der Waals surface area (Å²) in [5.74, 6) is 1.27. The predicted molar refractivity (Wildman–Crippen MR) is 189 cm³/mol. The summed E-state index contributed by atoms with van der Waals surface area (Å²) >= 11 is 0. The second-order valence-electron chi connectivity index (χ2n) is 11.8. The average molecular weight is 667 g/mol. The number of ketones is 1. The zero-order valence-electron chi connectivity index (χ0n) is 27.3. The Bertz CT molecular complexity index is 2160. The largest absolute Gasteiger partial charge is 0.489 e. The van der Waals surface area contributed by atoms with Crippen molar-refractivity contribution in [1.82, 2.24) is 0 Å². The minimum Gasteiger partial charge on any atom is -0.489 e. The van der Waals surface area contributed by atoms with Gasteiger partial charge in [-0.1, -0.05) is 91.0 Å². The van der Waals surface area contributed by atoms with E-state index in [1.54, 1.807) is 43.3 Å². The summed E-state index contributed by atoms with van der Waals surface area (Å²) in [4.78, 5) is 26.6. The van der Waals surface area contributed by atoms with E-state index >= 15 is 0 Å². The quantitative estimate of drug-likeness (QED) is 0.129. The predicted octanol–water partition coefficient (Wildman–Crippen LogP) is 8.45. The summed E-state index contributed by atoms with van der Waals surface area (Å²) in [5.41, 5.74) is 3.29. The van der Waals surface area contributed by atoms with Crippen molar-refractivity contribution in [1.29, 1.82) is 0 Å². The highest BCUT2D eigenvalue weighted by Gasteiger charge is 2.28. The topological polar surface area (TPSA) is 93.4 Å². The van der Waals surface area contributed by atoms with E-state index in [1.165, 1.54) is 12.2 Å². The van der Waals surface area contributed by atoms with Crippen molar-refractivity contribution in [2.24, 2.45) is 0 Å². The Morgan fingerprint density at radius 2 is 1.20 bits per heavy atom. The Morgan fingerprint density at radius 3 is 1.78 bits per heavy atom. The fourth-order valence-corrected chi connectivity index (χ4v) is 5.46. The van der Waals surface area contributed by atoms with Gasteiger partial charge in [-0.2, -0.15) is 0 Å². The normalized spacial score (nSPS) is 15.5. The summed E-state index contributed by atoms with van der Waals surface area (Å²) < 4.78 is 37.0. The van der Waals surface area contributed by atoms with E-state index in [0.717, 1.165) is 16.7 Å². The molecule has 1 aliphatic rings. The molecule has 1 aromatic heterocycles. The van der Waals surface area contributed by atoms with Gasteiger partial charge in [0.25, 0.3) is 0 Å². The molecule has 7 rings (SSSR count). The van der Waals surface area contributed by atoms with E-state index in [9.17, 15) is 9.59 Å². The highest BCUT2D eigenvalue weighted by Crippen LogP contribution is 2.38. The van der Waals surface area contributed by atoms with Gasteiger partial charge in [0, 0.05) is 17.7 Å². The van der Waals surface area contributed by atoms with E-state index in [4.69, 9.17) is 28.1 Å². The Kier molecular flexibility index (Phi) is 9.71. The van der Waals surface area contributed by atoms with Gasteiger partial charge in [-0.05, 0) is 60.0 Å². The molecule has 1 aliphatic heterocycles. The highest BCUT2D eigenvalue weighted by atomic mass is 16.7. The van der Waals surface area contributed by atoms with Gasteiger partial charge >= 0.3 is 0 Å². The minimum atomic E-state index is -1.00. The van der Waals surface area contributed by atoms with Crippen LogP contribution in [0, 0.1) is 0 Å². The first-order valence-corrected chi connectivity index (χ1v) is 16.3. The molecule has 8 nitrogen and oxygen atoms in total. The number of carbonyl (C=O) groups is 1. The van der Waals surface area contributed by atoms with Crippen LogP contribution in [-0.4, -0.2) is 18.2 Å². The highest BCUT2D eigenvalue weighted by molar-refractivity contribution is 5.94. The van der Waals surface area contributed by atoms with Crippen molar-refractivity contribution in [3.05, 3.63) is 166 Å². The molecule has 2 heterocycles. The number of benzene rings is 5. The van der Waals surface area contributed by atoms with E-state index in [1.807, 2.05) is 91.0 Å². The van der Waals surface area contributed by atoms with Crippen LogP contribution in [0.5, 0.6) is 23.0 Å². The lowest BCUT2D eigenvalue weighted by Crippen LogP contribution is -2.33. The third kappa shape index (κ3) is 7.61. The molecule has 0 bridgehead atoms. The first-order valence-electron chi connectivity index (χ1n) is 16.3. The average Bonchev–Trinajstić information content (AvgIpc) is 3.16. The third-order valence-corrected chi connectivity index (χ3v) is 8.13. The molecule has 0 fully saturated rings. The molecule has 0 spiro atoms. The standard InChI is InChI=1S/C42H34O8/c1-28-35(43)21-22-38(48-28)50-42-40(44)39-36(47-27-31-15-9-4-10-16-31)23-34(46-26-30-13-7-3-8-14-30)24-37(39)49-41(42)32-17-19-33(20-18-32)45-25-29-11-5-2-6-12-29/h2-24,28,38H,25-27H2,1H3/t28-,38-/m0/s1. The summed E-state index contributed by atoms with van der Waals surface area (Å²) in [6.45, 7) is 2.54. The van der Waals surface area contributed by atoms with Crippen molar-refractivity contribution in [3.63, 3.8) is 0 Å². The van der Waals surface area contributed by atoms with Gasteiger partial charge in [0.15, 0.2) is 11.5 Å². The third-order valence-electron chi connectivity index (χ3n) is 8.13. The number of hydrogen-bond donors (Lipinski definition) is 0. The summed E-state index contributed by atoms with van der Waals surface area (Å²) in [5, 5.41) is 0.179. The Balaban J connectivity index is 1.30.